The van der Waals surface area contributed by atoms with Gasteiger partial charge in [0, 0.05) is 37.4 Å². The minimum Gasteiger partial charge on any atom is -0.492 e. The standard InChI is InChI=1S/C22H28N2O4S/c1-22(2,25)14-24-11-18-19(12-24)20(18)13-28-16-6-9-21(23-10-16)15-4-7-17(8-5-15)29(3,26)27/h4-10,18-20,25H,11-14H2,1-3H3/t18-,19?,20?/m1/s1. The van der Waals surface area contributed by atoms with Crippen LogP contribution in [0.3, 0.4) is 0 Å². The van der Waals surface area contributed by atoms with Crippen LogP contribution < -0.4 is 4.74 Å². The van der Waals surface area contributed by atoms with Crippen LogP contribution in [0.2, 0.25) is 0 Å². The third-order valence-electron chi connectivity index (χ3n) is 5.81. The second kappa shape index (κ2) is 7.38. The molecule has 7 heteroatoms. The number of piperidine rings is 1. The fourth-order valence-electron chi connectivity index (χ4n) is 4.36. The van der Waals surface area contributed by atoms with Crippen LogP contribution in [0.4, 0.5) is 0 Å². The highest BCUT2D eigenvalue weighted by Crippen LogP contribution is 2.51. The maximum absolute atomic E-state index is 11.6. The molecule has 1 saturated carbocycles. The molecule has 2 heterocycles. The lowest BCUT2D eigenvalue weighted by atomic mass is 10.1. The number of hydrogen-bond donors (Lipinski definition) is 1. The highest BCUT2D eigenvalue weighted by Gasteiger charge is 2.56. The SMILES string of the molecule is CC(C)(O)CN1CC2C(COc3ccc(-c4ccc(S(C)(=O)=O)cc4)nc3)[C@@H]2C1. The number of sulfone groups is 1. The minimum absolute atomic E-state index is 0.303. The molecule has 2 aromatic rings. The largest absolute Gasteiger partial charge is 0.492 e. The zero-order valence-corrected chi connectivity index (χ0v) is 17.9. The summed E-state index contributed by atoms with van der Waals surface area (Å²) in [6, 6.07) is 10.5. The second-order valence-corrected chi connectivity index (χ2v) is 11.0. The Hall–Kier alpha value is -1.96. The molecule has 0 amide bonds. The van der Waals surface area contributed by atoms with Gasteiger partial charge in [-0.15, -0.1) is 0 Å². The van der Waals surface area contributed by atoms with Crippen molar-refractivity contribution in [3.8, 4) is 17.0 Å². The second-order valence-electron chi connectivity index (χ2n) is 8.98. The third kappa shape index (κ3) is 4.79. The van der Waals surface area contributed by atoms with Crippen LogP contribution in [0.25, 0.3) is 11.3 Å². The quantitative estimate of drug-likeness (QED) is 0.747. The molecule has 156 valence electrons. The van der Waals surface area contributed by atoms with E-state index in [-0.39, 0.29) is 0 Å². The Kier molecular flexibility index (Phi) is 5.17. The van der Waals surface area contributed by atoms with Crippen molar-refractivity contribution in [3.63, 3.8) is 0 Å². The van der Waals surface area contributed by atoms with E-state index in [1.807, 2.05) is 26.0 Å². The normalized spacial score (nSPS) is 24.3. The first-order chi connectivity index (χ1) is 13.6. The number of benzene rings is 1. The van der Waals surface area contributed by atoms with Gasteiger partial charge in [0.15, 0.2) is 9.84 Å². The summed E-state index contributed by atoms with van der Waals surface area (Å²) < 4.78 is 29.1. The van der Waals surface area contributed by atoms with E-state index in [0.29, 0.717) is 29.3 Å². The topological polar surface area (TPSA) is 79.7 Å². The van der Waals surface area contributed by atoms with Gasteiger partial charge in [-0.05, 0) is 49.9 Å². The third-order valence-corrected chi connectivity index (χ3v) is 6.94. The molecular formula is C22H28N2O4S. The van der Waals surface area contributed by atoms with Gasteiger partial charge < -0.3 is 9.84 Å². The van der Waals surface area contributed by atoms with E-state index in [1.54, 1.807) is 30.5 Å². The number of aliphatic hydroxyl groups is 1. The van der Waals surface area contributed by atoms with Crippen molar-refractivity contribution in [3.05, 3.63) is 42.6 Å². The lowest BCUT2D eigenvalue weighted by Gasteiger charge is -2.27. The van der Waals surface area contributed by atoms with Crippen LogP contribution in [0, 0.1) is 17.8 Å². The number of fused-ring (bicyclic) bond motifs is 1. The monoisotopic (exact) mass is 416 g/mol. The molecule has 0 spiro atoms. The molecule has 1 saturated heterocycles. The molecule has 4 rings (SSSR count). The van der Waals surface area contributed by atoms with Gasteiger partial charge in [-0.1, -0.05) is 12.1 Å². The highest BCUT2D eigenvalue weighted by molar-refractivity contribution is 7.90. The van der Waals surface area contributed by atoms with E-state index in [9.17, 15) is 13.5 Å². The summed E-state index contributed by atoms with van der Waals surface area (Å²) in [4.78, 5) is 7.10. The van der Waals surface area contributed by atoms with Gasteiger partial charge in [0.05, 0.1) is 29.0 Å². The fourth-order valence-corrected chi connectivity index (χ4v) is 4.99. The zero-order valence-electron chi connectivity index (χ0n) is 17.1. The van der Waals surface area contributed by atoms with Gasteiger partial charge in [-0.25, -0.2) is 8.42 Å². The average molecular weight is 417 g/mol. The Morgan fingerprint density at radius 2 is 1.79 bits per heavy atom. The highest BCUT2D eigenvalue weighted by atomic mass is 32.2. The van der Waals surface area contributed by atoms with Gasteiger partial charge in [0.1, 0.15) is 5.75 Å². The van der Waals surface area contributed by atoms with E-state index in [0.717, 1.165) is 36.6 Å². The van der Waals surface area contributed by atoms with Gasteiger partial charge in [-0.3, -0.25) is 9.88 Å². The van der Waals surface area contributed by atoms with Crippen LogP contribution >= 0.6 is 0 Å². The van der Waals surface area contributed by atoms with Gasteiger partial charge in [0.25, 0.3) is 0 Å². The predicted molar refractivity (Wildman–Crippen MR) is 111 cm³/mol. The van der Waals surface area contributed by atoms with Crippen molar-refractivity contribution in [2.24, 2.45) is 17.8 Å². The number of aromatic nitrogens is 1. The van der Waals surface area contributed by atoms with Crippen molar-refractivity contribution in [2.45, 2.75) is 24.3 Å². The molecule has 0 bridgehead atoms. The molecule has 3 atom stereocenters. The minimum atomic E-state index is -3.19. The summed E-state index contributed by atoms with van der Waals surface area (Å²) in [7, 11) is -3.19. The Balaban J connectivity index is 1.28. The summed E-state index contributed by atoms with van der Waals surface area (Å²) in [5.74, 6) is 2.70. The first kappa shape index (κ1) is 20.3. The van der Waals surface area contributed by atoms with E-state index in [4.69, 9.17) is 4.74 Å². The van der Waals surface area contributed by atoms with Crippen molar-refractivity contribution in [1.82, 2.24) is 9.88 Å². The smallest absolute Gasteiger partial charge is 0.175 e. The Morgan fingerprint density at radius 1 is 1.14 bits per heavy atom. The van der Waals surface area contributed by atoms with Crippen LogP contribution in [0.15, 0.2) is 47.5 Å². The summed E-state index contributed by atoms with van der Waals surface area (Å²) >= 11 is 0. The van der Waals surface area contributed by atoms with Gasteiger partial charge in [-0.2, -0.15) is 0 Å². The van der Waals surface area contributed by atoms with Crippen molar-refractivity contribution in [1.29, 1.82) is 0 Å². The summed E-state index contributed by atoms with van der Waals surface area (Å²) in [6.07, 6.45) is 2.92. The van der Waals surface area contributed by atoms with Crippen molar-refractivity contribution in [2.75, 3.05) is 32.5 Å². The molecule has 2 aliphatic rings. The Bertz CT molecular complexity index is 953. The van der Waals surface area contributed by atoms with Gasteiger partial charge in [0.2, 0.25) is 0 Å². The average Bonchev–Trinajstić information content (AvgIpc) is 3.10. The first-order valence-corrected chi connectivity index (χ1v) is 11.8. The molecule has 29 heavy (non-hydrogen) atoms. The molecule has 1 aliphatic heterocycles. The van der Waals surface area contributed by atoms with Crippen LogP contribution in [-0.2, 0) is 9.84 Å². The number of ether oxygens (including phenoxy) is 1. The number of likely N-dealkylation sites (tertiary alicyclic amines) is 1. The maximum atomic E-state index is 11.6. The molecular weight excluding hydrogens is 388 g/mol. The summed E-state index contributed by atoms with van der Waals surface area (Å²) in [6.45, 7) is 7.23. The first-order valence-electron chi connectivity index (χ1n) is 9.94. The molecule has 6 nitrogen and oxygen atoms in total. The number of hydrogen-bond acceptors (Lipinski definition) is 6. The van der Waals surface area contributed by atoms with Crippen LogP contribution in [-0.4, -0.2) is 61.5 Å². The van der Waals surface area contributed by atoms with Crippen LogP contribution in [0.1, 0.15) is 13.8 Å². The number of rotatable bonds is 7. The van der Waals surface area contributed by atoms with Gasteiger partial charge >= 0.3 is 0 Å². The van der Waals surface area contributed by atoms with E-state index < -0.39 is 15.4 Å². The lowest BCUT2D eigenvalue weighted by molar-refractivity contribution is 0.0381. The zero-order chi connectivity index (χ0) is 20.8. The maximum Gasteiger partial charge on any atom is 0.175 e. The molecule has 0 radical (unpaired) electrons. The predicted octanol–water partition coefficient (Wildman–Crippen LogP) is 2.48. The van der Waals surface area contributed by atoms with Crippen LogP contribution in [0.5, 0.6) is 5.75 Å². The molecule has 1 aromatic heterocycles. The number of β-amino-alcohol motifs (C(OH)–C–C–N with tert-alkyl or cyclic N) is 1. The summed E-state index contributed by atoms with van der Waals surface area (Å²) in [5.41, 5.74) is 1.01. The Labute approximate surface area is 172 Å². The molecule has 2 unspecified atom stereocenters. The van der Waals surface area contributed by atoms with Crippen molar-refractivity contribution < 1.29 is 18.3 Å². The lowest BCUT2D eigenvalue weighted by Crippen LogP contribution is -2.39. The molecule has 1 N–H and O–H groups in total. The molecule has 1 aliphatic carbocycles. The summed E-state index contributed by atoms with van der Waals surface area (Å²) in [5, 5.41) is 9.95. The van der Waals surface area contributed by atoms with E-state index in [2.05, 4.69) is 9.88 Å². The van der Waals surface area contributed by atoms with E-state index >= 15 is 0 Å². The molecule has 1 aromatic carbocycles. The number of nitrogens with zero attached hydrogens (tertiary/aromatic N) is 2. The fraction of sp³-hybridized carbons (Fsp3) is 0.500. The Morgan fingerprint density at radius 3 is 2.31 bits per heavy atom. The number of pyridine rings is 1. The molecule has 2 fully saturated rings. The van der Waals surface area contributed by atoms with Crippen molar-refractivity contribution >= 4 is 9.84 Å². The van der Waals surface area contributed by atoms with E-state index in [1.165, 1.54) is 6.26 Å².